The van der Waals surface area contributed by atoms with Crippen molar-refractivity contribution in [2.75, 3.05) is 6.61 Å². The summed E-state index contributed by atoms with van der Waals surface area (Å²) in [4.78, 5) is 11.2. The molecule has 1 amide bonds. The van der Waals surface area contributed by atoms with E-state index in [1.807, 2.05) is 24.3 Å². The van der Waals surface area contributed by atoms with E-state index >= 15 is 0 Å². The highest BCUT2D eigenvalue weighted by atomic mass is 16.2. The fourth-order valence-corrected chi connectivity index (χ4v) is 1.90. The Balaban J connectivity index is 2.53. The van der Waals surface area contributed by atoms with E-state index in [1.165, 1.54) is 4.57 Å². The highest BCUT2D eigenvalue weighted by molar-refractivity contribution is 5.93. The Morgan fingerprint density at radius 2 is 2.12 bits per heavy atom. The molecular weight excluding hydrogens is 204 g/mol. The zero-order valence-electron chi connectivity index (χ0n) is 8.89. The number of aliphatic hydroxyl groups is 1. The Morgan fingerprint density at radius 3 is 2.81 bits per heavy atom. The number of nitrogens with two attached hydrogens (primary N) is 1. The van der Waals surface area contributed by atoms with E-state index in [2.05, 4.69) is 0 Å². The van der Waals surface area contributed by atoms with Gasteiger partial charge in [0.05, 0.1) is 5.52 Å². The lowest BCUT2D eigenvalue weighted by molar-refractivity contribution is 0.251. The number of aliphatic hydroxyl groups excluding tert-OH is 1. The third-order valence-corrected chi connectivity index (χ3v) is 2.64. The zero-order valence-corrected chi connectivity index (χ0v) is 8.89. The number of para-hydroxylation sites is 1. The normalized spacial score (nSPS) is 10.8. The number of amides is 1. The zero-order chi connectivity index (χ0) is 11.5. The van der Waals surface area contributed by atoms with Crippen LogP contribution in [0.15, 0.2) is 30.5 Å². The van der Waals surface area contributed by atoms with Crippen molar-refractivity contribution in [3.63, 3.8) is 0 Å². The van der Waals surface area contributed by atoms with Gasteiger partial charge < -0.3 is 10.8 Å². The van der Waals surface area contributed by atoms with Crippen LogP contribution in [0.25, 0.3) is 10.9 Å². The maximum atomic E-state index is 11.2. The summed E-state index contributed by atoms with van der Waals surface area (Å²) in [6.07, 6.45) is 3.19. The summed E-state index contributed by atoms with van der Waals surface area (Å²) in [6, 6.07) is 7.14. The van der Waals surface area contributed by atoms with Crippen LogP contribution >= 0.6 is 0 Å². The van der Waals surface area contributed by atoms with Crippen molar-refractivity contribution < 1.29 is 9.90 Å². The summed E-state index contributed by atoms with van der Waals surface area (Å²) in [7, 11) is 0. The summed E-state index contributed by atoms with van der Waals surface area (Å²) in [5.41, 5.74) is 7.16. The van der Waals surface area contributed by atoms with Gasteiger partial charge in [-0.2, -0.15) is 0 Å². The fraction of sp³-hybridized carbons (Fsp3) is 0.250. The first-order valence-electron chi connectivity index (χ1n) is 5.23. The smallest absolute Gasteiger partial charge is 0.323 e. The largest absolute Gasteiger partial charge is 0.396 e. The quantitative estimate of drug-likeness (QED) is 0.819. The Labute approximate surface area is 93.3 Å². The SMILES string of the molecule is NC(=O)n1cc(CCCO)c2ccccc21. The van der Waals surface area contributed by atoms with Crippen LogP contribution < -0.4 is 5.73 Å². The average molecular weight is 218 g/mol. The van der Waals surface area contributed by atoms with Crippen molar-refractivity contribution in [3.8, 4) is 0 Å². The third-order valence-electron chi connectivity index (χ3n) is 2.64. The number of fused-ring (bicyclic) bond motifs is 1. The number of nitrogens with zero attached hydrogens (tertiary/aromatic N) is 1. The molecule has 0 saturated carbocycles. The molecule has 0 atom stereocenters. The second kappa shape index (κ2) is 4.37. The number of carbonyl (C=O) groups is 1. The molecule has 3 N–H and O–H groups in total. The number of primary amides is 1. The summed E-state index contributed by atoms with van der Waals surface area (Å²) in [5, 5.41) is 9.84. The molecule has 84 valence electrons. The molecule has 1 heterocycles. The molecule has 0 spiro atoms. The van der Waals surface area contributed by atoms with Gasteiger partial charge in [-0.05, 0) is 24.5 Å². The Kier molecular flexibility index (Phi) is 2.92. The van der Waals surface area contributed by atoms with Crippen LogP contribution in [-0.4, -0.2) is 22.3 Å². The molecule has 4 nitrogen and oxygen atoms in total. The number of hydrogen-bond acceptors (Lipinski definition) is 2. The van der Waals surface area contributed by atoms with Crippen molar-refractivity contribution in [1.82, 2.24) is 4.57 Å². The molecule has 0 aliphatic carbocycles. The molecule has 0 bridgehead atoms. The first-order valence-corrected chi connectivity index (χ1v) is 5.23. The summed E-state index contributed by atoms with van der Waals surface area (Å²) in [6.45, 7) is 0.149. The highest BCUT2D eigenvalue weighted by Gasteiger charge is 2.10. The van der Waals surface area contributed by atoms with E-state index in [1.54, 1.807) is 6.20 Å². The Hall–Kier alpha value is -1.81. The van der Waals surface area contributed by atoms with E-state index in [-0.39, 0.29) is 6.61 Å². The maximum Gasteiger partial charge on any atom is 0.323 e. The molecule has 0 saturated heterocycles. The molecule has 2 rings (SSSR count). The Morgan fingerprint density at radius 1 is 1.38 bits per heavy atom. The van der Waals surface area contributed by atoms with Gasteiger partial charge in [0.15, 0.2) is 0 Å². The van der Waals surface area contributed by atoms with Crippen LogP contribution in [0.5, 0.6) is 0 Å². The predicted octanol–water partition coefficient (Wildman–Crippen LogP) is 1.49. The first-order chi connectivity index (χ1) is 7.74. The number of benzene rings is 1. The van der Waals surface area contributed by atoms with Crippen molar-refractivity contribution in [3.05, 3.63) is 36.0 Å². The molecule has 2 aromatic rings. The van der Waals surface area contributed by atoms with Crippen molar-refractivity contribution >= 4 is 16.9 Å². The topological polar surface area (TPSA) is 68.2 Å². The Bertz CT molecular complexity index is 517. The molecule has 0 unspecified atom stereocenters. The van der Waals surface area contributed by atoms with Crippen LogP contribution in [0.3, 0.4) is 0 Å². The van der Waals surface area contributed by atoms with E-state index in [4.69, 9.17) is 10.8 Å². The predicted molar refractivity (Wildman–Crippen MR) is 62.3 cm³/mol. The number of rotatable bonds is 3. The summed E-state index contributed by atoms with van der Waals surface area (Å²) in [5.74, 6) is 0. The number of hydrogen-bond donors (Lipinski definition) is 2. The maximum absolute atomic E-state index is 11.2. The van der Waals surface area contributed by atoms with Crippen LogP contribution in [0.1, 0.15) is 12.0 Å². The highest BCUT2D eigenvalue weighted by Crippen LogP contribution is 2.21. The van der Waals surface area contributed by atoms with Crippen molar-refractivity contribution in [1.29, 1.82) is 0 Å². The number of aryl methyl sites for hydroxylation is 1. The fourth-order valence-electron chi connectivity index (χ4n) is 1.90. The molecule has 0 aliphatic rings. The van der Waals surface area contributed by atoms with Gasteiger partial charge >= 0.3 is 6.03 Å². The lowest BCUT2D eigenvalue weighted by Crippen LogP contribution is -2.18. The number of carbonyl (C=O) groups excluding carboxylic acids is 1. The summed E-state index contributed by atoms with van der Waals surface area (Å²) < 4.78 is 1.45. The van der Waals surface area contributed by atoms with Gasteiger partial charge in [0.25, 0.3) is 0 Å². The van der Waals surface area contributed by atoms with Gasteiger partial charge in [0.2, 0.25) is 0 Å². The van der Waals surface area contributed by atoms with Crippen molar-refractivity contribution in [2.45, 2.75) is 12.8 Å². The first kappa shape index (κ1) is 10.7. The van der Waals surface area contributed by atoms with Crippen LogP contribution in [-0.2, 0) is 6.42 Å². The van der Waals surface area contributed by atoms with E-state index in [0.717, 1.165) is 22.9 Å². The van der Waals surface area contributed by atoms with Gasteiger partial charge in [-0.3, -0.25) is 4.57 Å². The molecular formula is C12H14N2O2. The minimum Gasteiger partial charge on any atom is -0.396 e. The average Bonchev–Trinajstić information content (AvgIpc) is 2.65. The van der Waals surface area contributed by atoms with Gasteiger partial charge in [0, 0.05) is 18.2 Å². The lowest BCUT2D eigenvalue weighted by atomic mass is 10.1. The second-order valence-electron chi connectivity index (χ2n) is 3.71. The number of aromatic nitrogens is 1. The van der Waals surface area contributed by atoms with Crippen molar-refractivity contribution in [2.24, 2.45) is 5.73 Å². The molecule has 4 heteroatoms. The van der Waals surface area contributed by atoms with Gasteiger partial charge in [0.1, 0.15) is 0 Å². The van der Waals surface area contributed by atoms with E-state index in [9.17, 15) is 4.79 Å². The molecule has 0 fully saturated rings. The third kappa shape index (κ3) is 1.79. The molecule has 1 aromatic heterocycles. The monoisotopic (exact) mass is 218 g/mol. The minimum atomic E-state index is -0.480. The van der Waals surface area contributed by atoms with Gasteiger partial charge in [-0.25, -0.2) is 4.79 Å². The van der Waals surface area contributed by atoms with Gasteiger partial charge in [-0.15, -0.1) is 0 Å². The molecule has 1 aromatic carbocycles. The standard InChI is InChI=1S/C12H14N2O2/c13-12(16)14-8-9(4-3-7-15)10-5-1-2-6-11(10)14/h1-2,5-6,8,15H,3-4,7H2,(H2,13,16). The molecule has 0 aliphatic heterocycles. The van der Waals surface area contributed by atoms with Crippen LogP contribution in [0.2, 0.25) is 0 Å². The molecule has 16 heavy (non-hydrogen) atoms. The second-order valence-corrected chi connectivity index (χ2v) is 3.71. The van der Waals surface area contributed by atoms with Crippen LogP contribution in [0, 0.1) is 0 Å². The minimum absolute atomic E-state index is 0.149. The molecule has 0 radical (unpaired) electrons. The van der Waals surface area contributed by atoms with Gasteiger partial charge in [-0.1, -0.05) is 18.2 Å². The van der Waals surface area contributed by atoms with Crippen LogP contribution in [0.4, 0.5) is 4.79 Å². The lowest BCUT2D eigenvalue weighted by Gasteiger charge is -1.96. The van der Waals surface area contributed by atoms with E-state index < -0.39 is 6.03 Å². The van der Waals surface area contributed by atoms with E-state index in [0.29, 0.717) is 6.42 Å². The summed E-state index contributed by atoms with van der Waals surface area (Å²) >= 11 is 0.